The normalized spacial score (nSPS) is 18.0. The zero-order chi connectivity index (χ0) is 14.7. The van der Waals surface area contributed by atoms with E-state index in [4.69, 9.17) is 4.42 Å². The van der Waals surface area contributed by atoms with Crippen LogP contribution in [0.2, 0.25) is 0 Å². The van der Waals surface area contributed by atoms with Gasteiger partial charge in [-0.05, 0) is 37.8 Å². The van der Waals surface area contributed by atoms with Crippen LogP contribution in [-0.2, 0) is 11.2 Å². The van der Waals surface area contributed by atoms with E-state index in [1.165, 1.54) is 6.42 Å². The molecule has 21 heavy (non-hydrogen) atoms. The van der Waals surface area contributed by atoms with Crippen molar-refractivity contribution >= 4 is 17.2 Å². The zero-order valence-corrected chi connectivity index (χ0v) is 12.8. The number of aryl methyl sites for hydroxylation is 1. The average Bonchev–Trinajstić information content (AvgIpc) is 3.18. The van der Waals surface area contributed by atoms with Crippen molar-refractivity contribution in [1.82, 2.24) is 15.6 Å². The van der Waals surface area contributed by atoms with Gasteiger partial charge in [-0.3, -0.25) is 4.79 Å². The van der Waals surface area contributed by atoms with E-state index in [0.29, 0.717) is 24.2 Å². The van der Waals surface area contributed by atoms with Crippen molar-refractivity contribution in [3.8, 4) is 10.8 Å². The van der Waals surface area contributed by atoms with E-state index in [1.54, 1.807) is 11.3 Å². The highest BCUT2D eigenvalue weighted by atomic mass is 32.1. The number of carbonyl (C=O) groups excluding carboxylic acids is 1. The van der Waals surface area contributed by atoms with Crippen molar-refractivity contribution in [2.45, 2.75) is 32.2 Å². The molecular formula is C15H19N3O2S. The lowest BCUT2D eigenvalue weighted by molar-refractivity contribution is -0.120. The molecule has 0 saturated carbocycles. The highest BCUT2D eigenvalue weighted by molar-refractivity contribution is 7.13. The summed E-state index contributed by atoms with van der Waals surface area (Å²) in [6, 6.07) is 4.33. The van der Waals surface area contributed by atoms with Crippen molar-refractivity contribution < 1.29 is 9.21 Å². The van der Waals surface area contributed by atoms with Crippen LogP contribution < -0.4 is 10.6 Å². The van der Waals surface area contributed by atoms with Gasteiger partial charge in [0.1, 0.15) is 5.76 Å². The molecule has 2 N–H and O–H groups in total. The summed E-state index contributed by atoms with van der Waals surface area (Å²) in [6.45, 7) is 3.59. The summed E-state index contributed by atoms with van der Waals surface area (Å²) in [5.41, 5.74) is 0.718. The summed E-state index contributed by atoms with van der Waals surface area (Å²) in [4.78, 5) is 17.4. The van der Waals surface area contributed by atoms with Crippen molar-refractivity contribution in [1.29, 1.82) is 0 Å². The molecule has 0 aliphatic carbocycles. The Hall–Kier alpha value is -1.66. The Morgan fingerprint density at radius 3 is 3.24 bits per heavy atom. The molecule has 0 spiro atoms. The number of hydrogen-bond donors (Lipinski definition) is 2. The van der Waals surface area contributed by atoms with Gasteiger partial charge in [-0.1, -0.05) is 6.07 Å². The van der Waals surface area contributed by atoms with Gasteiger partial charge in [0, 0.05) is 12.6 Å². The fourth-order valence-corrected chi connectivity index (χ4v) is 3.13. The fraction of sp³-hybridized carbons (Fsp3) is 0.467. The minimum atomic E-state index is -0.00201. The Bertz CT molecular complexity index is 600. The molecule has 1 amide bonds. The molecule has 5 nitrogen and oxygen atoms in total. The Morgan fingerprint density at radius 2 is 2.52 bits per heavy atom. The molecule has 0 radical (unpaired) electrons. The Kier molecular flexibility index (Phi) is 4.36. The van der Waals surface area contributed by atoms with Crippen LogP contribution in [0.1, 0.15) is 24.3 Å². The summed E-state index contributed by atoms with van der Waals surface area (Å²) < 4.78 is 5.64. The van der Waals surface area contributed by atoms with Crippen LogP contribution in [0.5, 0.6) is 0 Å². The zero-order valence-electron chi connectivity index (χ0n) is 12.0. The van der Waals surface area contributed by atoms with Gasteiger partial charge in [-0.2, -0.15) is 0 Å². The first-order valence-corrected chi connectivity index (χ1v) is 8.10. The first-order valence-electron chi connectivity index (χ1n) is 7.22. The lowest BCUT2D eigenvalue weighted by Gasteiger charge is -2.10. The predicted molar refractivity (Wildman–Crippen MR) is 82.3 cm³/mol. The fourth-order valence-electron chi connectivity index (χ4n) is 2.48. The molecule has 2 aromatic heterocycles. The van der Waals surface area contributed by atoms with Gasteiger partial charge in [0.25, 0.3) is 0 Å². The summed E-state index contributed by atoms with van der Waals surface area (Å²) in [5.74, 6) is 1.31. The van der Waals surface area contributed by atoms with Crippen LogP contribution in [0.4, 0.5) is 0 Å². The molecule has 1 fully saturated rings. The molecule has 0 aromatic carbocycles. The SMILES string of the molecule is Cc1oc(-c2cccs2)nc1CC(=O)NCC1CCCN1. The van der Waals surface area contributed by atoms with Gasteiger partial charge in [0.05, 0.1) is 17.0 Å². The minimum absolute atomic E-state index is 0.00201. The molecule has 0 bridgehead atoms. The second kappa shape index (κ2) is 6.41. The molecule has 1 saturated heterocycles. The van der Waals surface area contributed by atoms with E-state index in [1.807, 2.05) is 24.4 Å². The van der Waals surface area contributed by atoms with Crippen LogP contribution in [-0.4, -0.2) is 30.0 Å². The molecule has 112 valence electrons. The third-order valence-corrected chi connectivity index (χ3v) is 4.52. The van der Waals surface area contributed by atoms with E-state index in [0.717, 1.165) is 23.5 Å². The number of carbonyl (C=O) groups is 1. The number of rotatable bonds is 5. The van der Waals surface area contributed by atoms with Crippen LogP contribution >= 0.6 is 11.3 Å². The summed E-state index contributed by atoms with van der Waals surface area (Å²) in [7, 11) is 0. The van der Waals surface area contributed by atoms with E-state index in [2.05, 4.69) is 15.6 Å². The second-order valence-corrected chi connectivity index (χ2v) is 6.22. The van der Waals surface area contributed by atoms with Gasteiger partial charge in [0.15, 0.2) is 0 Å². The van der Waals surface area contributed by atoms with Gasteiger partial charge >= 0.3 is 0 Å². The van der Waals surface area contributed by atoms with Crippen LogP contribution in [0.25, 0.3) is 10.8 Å². The van der Waals surface area contributed by atoms with E-state index >= 15 is 0 Å². The Balaban J connectivity index is 1.58. The third-order valence-electron chi connectivity index (χ3n) is 3.66. The first kappa shape index (κ1) is 14.3. The molecule has 1 unspecified atom stereocenters. The molecular weight excluding hydrogens is 286 g/mol. The molecule has 1 aliphatic heterocycles. The van der Waals surface area contributed by atoms with E-state index < -0.39 is 0 Å². The number of nitrogens with one attached hydrogen (secondary N) is 2. The third kappa shape index (κ3) is 3.51. The maximum absolute atomic E-state index is 12.0. The summed E-state index contributed by atoms with van der Waals surface area (Å²) in [5, 5.41) is 8.31. The minimum Gasteiger partial charge on any atom is -0.440 e. The molecule has 1 atom stereocenters. The van der Waals surface area contributed by atoms with Crippen LogP contribution in [0.3, 0.4) is 0 Å². The predicted octanol–water partition coefficient (Wildman–Crippen LogP) is 2.12. The number of amides is 1. The van der Waals surface area contributed by atoms with Crippen molar-refractivity contribution in [3.63, 3.8) is 0 Å². The summed E-state index contributed by atoms with van der Waals surface area (Å²) >= 11 is 1.58. The quantitative estimate of drug-likeness (QED) is 0.888. The monoisotopic (exact) mass is 305 g/mol. The van der Waals surface area contributed by atoms with Gasteiger partial charge in [-0.15, -0.1) is 11.3 Å². The first-order chi connectivity index (χ1) is 10.2. The van der Waals surface area contributed by atoms with Gasteiger partial charge < -0.3 is 15.1 Å². The number of thiophene rings is 1. The number of aromatic nitrogens is 1. The Morgan fingerprint density at radius 1 is 1.62 bits per heavy atom. The van der Waals surface area contributed by atoms with Crippen molar-refractivity contribution in [3.05, 3.63) is 29.0 Å². The topological polar surface area (TPSA) is 67.2 Å². The largest absolute Gasteiger partial charge is 0.440 e. The number of hydrogen-bond acceptors (Lipinski definition) is 5. The van der Waals surface area contributed by atoms with E-state index in [9.17, 15) is 4.79 Å². The van der Waals surface area contributed by atoms with Crippen molar-refractivity contribution in [2.24, 2.45) is 0 Å². The highest BCUT2D eigenvalue weighted by Gasteiger charge is 2.17. The van der Waals surface area contributed by atoms with Gasteiger partial charge in [-0.25, -0.2) is 4.98 Å². The Labute approximate surface area is 127 Å². The number of oxazole rings is 1. The summed E-state index contributed by atoms with van der Waals surface area (Å²) in [6.07, 6.45) is 2.59. The molecule has 2 aromatic rings. The lowest BCUT2D eigenvalue weighted by Crippen LogP contribution is -2.37. The molecule has 1 aliphatic rings. The molecule has 3 rings (SSSR count). The number of nitrogens with zero attached hydrogens (tertiary/aromatic N) is 1. The van der Waals surface area contributed by atoms with Crippen molar-refractivity contribution in [2.75, 3.05) is 13.1 Å². The van der Waals surface area contributed by atoms with E-state index in [-0.39, 0.29) is 12.3 Å². The maximum Gasteiger partial charge on any atom is 0.236 e. The van der Waals surface area contributed by atoms with Gasteiger partial charge in [0.2, 0.25) is 11.8 Å². The molecule has 6 heteroatoms. The molecule has 3 heterocycles. The van der Waals surface area contributed by atoms with Crippen LogP contribution in [0, 0.1) is 6.92 Å². The average molecular weight is 305 g/mol. The second-order valence-electron chi connectivity index (χ2n) is 5.27. The lowest BCUT2D eigenvalue weighted by atomic mass is 10.2. The van der Waals surface area contributed by atoms with Crippen LogP contribution in [0.15, 0.2) is 21.9 Å². The smallest absolute Gasteiger partial charge is 0.236 e. The standard InChI is InChI=1S/C15H19N3O2S/c1-10-12(18-15(20-10)13-5-3-7-21-13)8-14(19)17-9-11-4-2-6-16-11/h3,5,7,11,16H,2,4,6,8-9H2,1H3,(H,17,19). The maximum atomic E-state index is 12.0. The highest BCUT2D eigenvalue weighted by Crippen LogP contribution is 2.25.